The monoisotopic (exact) mass is 440 g/mol. The van der Waals surface area contributed by atoms with Crippen LogP contribution in [0.4, 0.5) is 0 Å². The largest absolute Gasteiger partial charge is 0.492 e. The Morgan fingerprint density at radius 2 is 1.65 bits per heavy atom. The zero-order valence-corrected chi connectivity index (χ0v) is 18.4. The van der Waals surface area contributed by atoms with Crippen molar-refractivity contribution in [2.45, 2.75) is 37.8 Å². The lowest BCUT2D eigenvalue weighted by Crippen LogP contribution is -2.48. The summed E-state index contributed by atoms with van der Waals surface area (Å²) in [6, 6.07) is 17.8. The molecule has 0 spiro atoms. The van der Waals surface area contributed by atoms with Crippen LogP contribution in [0.15, 0.2) is 54.6 Å². The summed E-state index contributed by atoms with van der Waals surface area (Å²) in [6.45, 7) is 1.98. The van der Waals surface area contributed by atoms with E-state index in [-0.39, 0.29) is 30.0 Å². The number of rotatable bonds is 5. The van der Waals surface area contributed by atoms with Gasteiger partial charge in [0, 0.05) is 24.2 Å². The van der Waals surface area contributed by atoms with Crippen LogP contribution in [0.2, 0.25) is 0 Å². The van der Waals surface area contributed by atoms with Crippen LogP contribution in [0, 0.1) is 11.8 Å². The van der Waals surface area contributed by atoms with Crippen molar-refractivity contribution >= 4 is 24.1 Å². The number of hydrogen-bond acceptors (Lipinski definition) is 4. The van der Waals surface area contributed by atoms with E-state index in [9.17, 15) is 9.59 Å². The smallest absolute Gasteiger partial charge is 0.254 e. The van der Waals surface area contributed by atoms with Gasteiger partial charge in [0.15, 0.2) is 5.78 Å². The first-order valence-electron chi connectivity index (χ1n) is 11.0. The van der Waals surface area contributed by atoms with Crippen molar-refractivity contribution in [1.82, 2.24) is 10.2 Å². The Morgan fingerprint density at radius 3 is 2.39 bits per heavy atom. The molecular weight excluding hydrogens is 412 g/mol. The van der Waals surface area contributed by atoms with Crippen LogP contribution in [0.1, 0.15) is 46.4 Å². The molecule has 3 atom stereocenters. The minimum atomic E-state index is -0.128. The molecule has 31 heavy (non-hydrogen) atoms. The first-order chi connectivity index (χ1) is 14.7. The Kier molecular flexibility index (Phi) is 6.63. The van der Waals surface area contributed by atoms with Gasteiger partial charge in [-0.1, -0.05) is 30.3 Å². The Bertz CT molecular complexity index is 921. The molecular formula is C25H29ClN2O3. The summed E-state index contributed by atoms with van der Waals surface area (Å²) in [5.41, 5.74) is 1.49. The summed E-state index contributed by atoms with van der Waals surface area (Å²) < 4.78 is 5.77. The van der Waals surface area contributed by atoms with Crippen LogP contribution in [0.25, 0.3) is 0 Å². The van der Waals surface area contributed by atoms with E-state index >= 15 is 0 Å². The average Bonchev–Trinajstić information content (AvgIpc) is 3.05. The van der Waals surface area contributed by atoms with Crippen molar-refractivity contribution in [3.63, 3.8) is 0 Å². The number of ketones is 1. The predicted octanol–water partition coefficient (Wildman–Crippen LogP) is 3.97. The highest BCUT2D eigenvalue weighted by atomic mass is 35.5. The van der Waals surface area contributed by atoms with Gasteiger partial charge in [0.25, 0.3) is 5.91 Å². The quantitative estimate of drug-likeness (QED) is 0.764. The number of nitrogens with one attached hydrogen (secondary N) is 1. The van der Waals surface area contributed by atoms with Gasteiger partial charge in [-0.3, -0.25) is 9.59 Å². The second kappa shape index (κ2) is 9.41. The zero-order valence-electron chi connectivity index (χ0n) is 17.5. The molecule has 2 bridgehead atoms. The number of fused-ring (bicyclic) bond motifs is 3. The molecule has 0 saturated carbocycles. The Balaban J connectivity index is 0.00000231. The molecule has 164 valence electrons. The van der Waals surface area contributed by atoms with Gasteiger partial charge >= 0.3 is 0 Å². The van der Waals surface area contributed by atoms with E-state index in [1.807, 2.05) is 54.6 Å². The summed E-state index contributed by atoms with van der Waals surface area (Å²) in [5.74, 6) is 1.47. The normalized spacial score (nSPS) is 26.6. The Hall–Kier alpha value is -2.37. The van der Waals surface area contributed by atoms with Crippen molar-refractivity contribution < 1.29 is 14.3 Å². The molecule has 1 amide bonds. The number of Topliss-reactive ketones (excluding diaryl/α,β-unsaturated/α-hetero) is 1. The van der Waals surface area contributed by atoms with E-state index in [1.165, 1.54) is 0 Å². The summed E-state index contributed by atoms with van der Waals surface area (Å²) in [6.07, 6.45) is 4.29. The van der Waals surface area contributed by atoms with Gasteiger partial charge in [-0.05, 0) is 62.4 Å². The fraction of sp³-hybridized carbons (Fsp3) is 0.440. The maximum Gasteiger partial charge on any atom is 0.254 e. The molecule has 2 aromatic rings. The van der Waals surface area contributed by atoms with Gasteiger partial charge in [0.2, 0.25) is 0 Å². The summed E-state index contributed by atoms with van der Waals surface area (Å²) in [5, 5.41) is 3.53. The van der Waals surface area contributed by atoms with Gasteiger partial charge < -0.3 is 15.0 Å². The number of para-hydroxylation sites is 1. The van der Waals surface area contributed by atoms with Gasteiger partial charge in [-0.25, -0.2) is 0 Å². The fourth-order valence-electron chi connectivity index (χ4n) is 5.41. The minimum Gasteiger partial charge on any atom is -0.492 e. The molecule has 2 saturated heterocycles. The van der Waals surface area contributed by atoms with Gasteiger partial charge in [0.05, 0.1) is 18.1 Å². The molecule has 2 fully saturated rings. The van der Waals surface area contributed by atoms with Crippen molar-refractivity contribution in [2.75, 3.05) is 19.7 Å². The topological polar surface area (TPSA) is 58.6 Å². The molecule has 0 aromatic heterocycles. The Morgan fingerprint density at radius 1 is 0.968 bits per heavy atom. The van der Waals surface area contributed by atoms with Crippen LogP contribution >= 0.6 is 12.4 Å². The SMILES string of the molecule is Cl.O=C1c2ccccc2OCC1CNCC1CC2CCC(C1)N2C(=O)c1ccccc1. The number of nitrogens with zero attached hydrogens (tertiary/aromatic N) is 1. The van der Waals surface area contributed by atoms with Crippen LogP contribution in [0.3, 0.4) is 0 Å². The highest BCUT2D eigenvalue weighted by molar-refractivity contribution is 6.01. The molecule has 2 aromatic carbocycles. The van der Waals surface area contributed by atoms with Crippen LogP contribution < -0.4 is 10.1 Å². The summed E-state index contributed by atoms with van der Waals surface area (Å²) >= 11 is 0. The molecule has 0 aliphatic carbocycles. The lowest BCUT2D eigenvalue weighted by molar-refractivity contribution is 0.0520. The van der Waals surface area contributed by atoms with E-state index in [4.69, 9.17) is 4.74 Å². The van der Waals surface area contributed by atoms with E-state index in [2.05, 4.69) is 10.2 Å². The number of amides is 1. The predicted molar refractivity (Wildman–Crippen MR) is 122 cm³/mol. The maximum atomic E-state index is 13.0. The van der Waals surface area contributed by atoms with E-state index < -0.39 is 0 Å². The average molecular weight is 441 g/mol. The summed E-state index contributed by atoms with van der Waals surface area (Å²) in [7, 11) is 0. The lowest BCUT2D eigenvalue weighted by Gasteiger charge is -2.39. The molecule has 3 aliphatic rings. The summed E-state index contributed by atoms with van der Waals surface area (Å²) in [4.78, 5) is 27.8. The number of hydrogen-bond donors (Lipinski definition) is 1. The number of halogens is 1. The molecule has 5 rings (SSSR count). The third-order valence-electron chi connectivity index (χ3n) is 6.87. The molecule has 3 unspecified atom stereocenters. The minimum absolute atomic E-state index is 0. The molecule has 1 N–H and O–H groups in total. The highest BCUT2D eigenvalue weighted by Crippen LogP contribution is 2.39. The molecule has 5 nitrogen and oxygen atoms in total. The van der Waals surface area contributed by atoms with Crippen LogP contribution in [-0.4, -0.2) is 48.4 Å². The second-order valence-electron chi connectivity index (χ2n) is 8.83. The van der Waals surface area contributed by atoms with Crippen LogP contribution in [-0.2, 0) is 0 Å². The molecule has 3 aliphatic heterocycles. The van der Waals surface area contributed by atoms with E-state index in [1.54, 1.807) is 0 Å². The Labute approximate surface area is 189 Å². The molecule has 3 heterocycles. The van der Waals surface area contributed by atoms with Crippen molar-refractivity contribution in [3.05, 3.63) is 65.7 Å². The lowest BCUT2D eigenvalue weighted by atomic mass is 9.89. The second-order valence-corrected chi connectivity index (χ2v) is 8.83. The number of carbonyl (C=O) groups is 2. The first-order valence-corrected chi connectivity index (χ1v) is 11.0. The standard InChI is InChI=1S/C25H28N2O3.ClH/c28-24-19(16-30-23-9-5-4-8-22(23)24)15-26-14-17-12-20-10-11-21(13-17)27(20)25(29)18-6-2-1-3-7-18;/h1-9,17,19-21,26H,10-16H2;1H. The number of benzene rings is 2. The van der Waals surface area contributed by atoms with Crippen LogP contribution in [0.5, 0.6) is 5.75 Å². The van der Waals surface area contributed by atoms with E-state index in [0.717, 1.165) is 37.8 Å². The number of piperidine rings is 1. The van der Waals surface area contributed by atoms with Gasteiger partial charge in [-0.15, -0.1) is 12.4 Å². The number of ether oxygens (including phenoxy) is 1. The molecule has 0 radical (unpaired) electrons. The third-order valence-corrected chi connectivity index (χ3v) is 6.87. The fourth-order valence-corrected chi connectivity index (χ4v) is 5.41. The van der Waals surface area contributed by atoms with Crippen molar-refractivity contribution in [2.24, 2.45) is 11.8 Å². The van der Waals surface area contributed by atoms with Gasteiger partial charge in [0.1, 0.15) is 5.75 Å². The van der Waals surface area contributed by atoms with Crippen molar-refractivity contribution in [1.29, 1.82) is 0 Å². The first kappa shape index (κ1) is 21.8. The van der Waals surface area contributed by atoms with E-state index in [0.29, 0.717) is 42.5 Å². The maximum absolute atomic E-state index is 13.0. The third kappa shape index (κ3) is 4.35. The van der Waals surface area contributed by atoms with Crippen molar-refractivity contribution in [3.8, 4) is 5.75 Å². The number of carbonyl (C=O) groups excluding carboxylic acids is 2. The highest BCUT2D eigenvalue weighted by Gasteiger charge is 2.43. The zero-order chi connectivity index (χ0) is 20.5. The van der Waals surface area contributed by atoms with Gasteiger partial charge in [-0.2, -0.15) is 0 Å². The molecule has 6 heteroatoms.